The van der Waals surface area contributed by atoms with Crippen molar-refractivity contribution in [3.8, 4) is 5.75 Å². The molecule has 4 aromatic rings. The van der Waals surface area contributed by atoms with Crippen molar-refractivity contribution in [2.75, 3.05) is 24.5 Å². The first kappa shape index (κ1) is 32.6. The Morgan fingerprint density at radius 2 is 1.55 bits per heavy atom. The number of carbonyl (C=O) groups excluding carboxylic acids is 2. The lowest BCUT2D eigenvalue weighted by molar-refractivity contribution is -0.140. The lowest BCUT2D eigenvalue weighted by Crippen LogP contribution is -2.53. The minimum absolute atomic E-state index is 0.0126. The van der Waals surface area contributed by atoms with Crippen molar-refractivity contribution in [1.82, 2.24) is 10.2 Å². The number of halogens is 1. The van der Waals surface area contributed by atoms with E-state index in [0.717, 1.165) is 15.4 Å². The number of amides is 2. The molecular formula is C34H36ClN3O5S. The van der Waals surface area contributed by atoms with Gasteiger partial charge in [-0.15, -0.1) is 0 Å². The normalized spacial score (nSPS) is 11.8. The molecule has 0 radical (unpaired) electrons. The second kappa shape index (κ2) is 14.9. The van der Waals surface area contributed by atoms with Crippen LogP contribution in [0.4, 0.5) is 5.69 Å². The number of likely N-dealkylation sites (N-methyl/N-ethyl adjacent to an activating group) is 1. The standard InChI is InChI=1S/C34H36ClN3O5S/c1-4-36-34(40)31(22-26-13-7-5-8-14-26)37(23-27-15-11-12-18-29(27)35)33(39)24-38(30-21-25(2)19-20-32(30)43-3)44(41,42)28-16-9-6-10-17-28/h5-21,31H,4,22-24H2,1-3H3,(H,36,40)/t31-/m1/s1. The molecule has 10 heteroatoms. The summed E-state index contributed by atoms with van der Waals surface area (Å²) in [6.45, 7) is 3.37. The van der Waals surface area contributed by atoms with Crippen molar-refractivity contribution < 1.29 is 22.7 Å². The van der Waals surface area contributed by atoms with Gasteiger partial charge in [-0.2, -0.15) is 0 Å². The SMILES string of the molecule is CCNC(=O)[C@@H](Cc1ccccc1)N(Cc1ccccc1Cl)C(=O)CN(c1cc(C)ccc1OC)S(=O)(=O)c1ccccc1. The number of hydrogen-bond donors (Lipinski definition) is 1. The van der Waals surface area contributed by atoms with Crippen molar-refractivity contribution in [3.63, 3.8) is 0 Å². The first-order valence-corrected chi connectivity index (χ1v) is 16.0. The summed E-state index contributed by atoms with van der Waals surface area (Å²) in [5.74, 6) is -0.660. The molecule has 0 aliphatic carbocycles. The third-order valence-electron chi connectivity index (χ3n) is 7.13. The molecule has 0 aliphatic heterocycles. The van der Waals surface area contributed by atoms with Gasteiger partial charge in [-0.3, -0.25) is 13.9 Å². The highest BCUT2D eigenvalue weighted by atomic mass is 35.5. The molecule has 4 rings (SSSR count). The van der Waals surface area contributed by atoms with Crippen molar-refractivity contribution in [2.24, 2.45) is 0 Å². The average Bonchev–Trinajstić information content (AvgIpc) is 3.03. The van der Waals surface area contributed by atoms with E-state index in [0.29, 0.717) is 17.1 Å². The Hall–Kier alpha value is -4.34. The summed E-state index contributed by atoms with van der Waals surface area (Å²) < 4.78 is 35.0. The van der Waals surface area contributed by atoms with Gasteiger partial charge in [-0.1, -0.05) is 84.4 Å². The molecule has 8 nitrogen and oxygen atoms in total. The van der Waals surface area contributed by atoms with E-state index in [4.69, 9.17) is 16.3 Å². The highest BCUT2D eigenvalue weighted by Crippen LogP contribution is 2.34. The number of carbonyl (C=O) groups is 2. The highest BCUT2D eigenvalue weighted by Gasteiger charge is 2.35. The number of benzene rings is 4. The Morgan fingerprint density at radius 1 is 0.909 bits per heavy atom. The molecule has 44 heavy (non-hydrogen) atoms. The fraction of sp³-hybridized carbons (Fsp3) is 0.235. The summed E-state index contributed by atoms with van der Waals surface area (Å²) >= 11 is 6.53. The van der Waals surface area contributed by atoms with Gasteiger partial charge in [0.15, 0.2) is 0 Å². The maximum absolute atomic E-state index is 14.5. The van der Waals surface area contributed by atoms with Crippen LogP contribution >= 0.6 is 11.6 Å². The summed E-state index contributed by atoms with van der Waals surface area (Å²) in [5.41, 5.74) is 2.45. The molecule has 1 atom stereocenters. The number of sulfonamides is 1. The minimum Gasteiger partial charge on any atom is -0.495 e. The lowest BCUT2D eigenvalue weighted by Gasteiger charge is -2.34. The largest absolute Gasteiger partial charge is 0.495 e. The summed E-state index contributed by atoms with van der Waals surface area (Å²) in [7, 11) is -2.81. The van der Waals surface area contributed by atoms with Gasteiger partial charge in [0.2, 0.25) is 11.8 Å². The predicted octanol–water partition coefficient (Wildman–Crippen LogP) is 5.63. The smallest absolute Gasteiger partial charge is 0.264 e. The summed E-state index contributed by atoms with van der Waals surface area (Å²) in [5, 5.41) is 3.28. The zero-order chi connectivity index (χ0) is 31.7. The van der Waals surface area contributed by atoms with Gasteiger partial charge in [0.05, 0.1) is 17.7 Å². The molecule has 0 fully saturated rings. The average molecular weight is 634 g/mol. The van der Waals surface area contributed by atoms with E-state index in [2.05, 4.69) is 5.32 Å². The second-order valence-corrected chi connectivity index (χ2v) is 12.5. The minimum atomic E-state index is -4.25. The van der Waals surface area contributed by atoms with Crippen LogP contribution in [0.5, 0.6) is 5.75 Å². The molecular weight excluding hydrogens is 598 g/mol. The van der Waals surface area contributed by atoms with Crippen LogP contribution in [0.2, 0.25) is 5.02 Å². The molecule has 0 unspecified atom stereocenters. The monoisotopic (exact) mass is 633 g/mol. The van der Waals surface area contributed by atoms with Crippen LogP contribution in [0.3, 0.4) is 0 Å². The quantitative estimate of drug-likeness (QED) is 0.206. The Balaban J connectivity index is 1.85. The van der Waals surface area contributed by atoms with Gasteiger partial charge in [0, 0.05) is 24.5 Å². The van der Waals surface area contributed by atoms with E-state index in [1.165, 1.54) is 24.1 Å². The van der Waals surface area contributed by atoms with E-state index >= 15 is 0 Å². The van der Waals surface area contributed by atoms with Gasteiger partial charge in [-0.25, -0.2) is 8.42 Å². The number of hydrogen-bond acceptors (Lipinski definition) is 5. The zero-order valence-corrected chi connectivity index (χ0v) is 26.5. The lowest BCUT2D eigenvalue weighted by atomic mass is 10.0. The Kier molecular flexibility index (Phi) is 11.0. The number of nitrogens with zero attached hydrogens (tertiary/aromatic N) is 2. The van der Waals surface area contributed by atoms with Crippen LogP contribution in [-0.4, -0.2) is 51.4 Å². The summed E-state index contributed by atoms with van der Waals surface area (Å²) in [6, 6.07) is 28.5. The van der Waals surface area contributed by atoms with Gasteiger partial charge in [0.25, 0.3) is 10.0 Å². The van der Waals surface area contributed by atoms with Crippen LogP contribution in [0, 0.1) is 6.92 Å². The summed E-state index contributed by atoms with van der Waals surface area (Å²) in [6.07, 6.45) is 0.210. The second-order valence-electron chi connectivity index (χ2n) is 10.2. The maximum Gasteiger partial charge on any atom is 0.264 e. The van der Waals surface area contributed by atoms with Crippen molar-refractivity contribution in [3.05, 3.63) is 125 Å². The fourth-order valence-corrected chi connectivity index (χ4v) is 6.52. The Labute approximate surface area is 264 Å². The van der Waals surface area contributed by atoms with E-state index in [-0.39, 0.29) is 35.2 Å². The number of aryl methyl sites for hydroxylation is 1. The van der Waals surface area contributed by atoms with Gasteiger partial charge < -0.3 is 15.0 Å². The van der Waals surface area contributed by atoms with Gasteiger partial charge >= 0.3 is 0 Å². The van der Waals surface area contributed by atoms with Crippen LogP contribution in [0.15, 0.2) is 108 Å². The van der Waals surface area contributed by atoms with Crippen LogP contribution in [-0.2, 0) is 32.6 Å². The van der Waals surface area contributed by atoms with E-state index in [1.54, 1.807) is 67.6 Å². The number of ether oxygens (including phenoxy) is 1. The third kappa shape index (κ3) is 7.78. The van der Waals surface area contributed by atoms with Crippen LogP contribution in [0.1, 0.15) is 23.6 Å². The third-order valence-corrected chi connectivity index (χ3v) is 9.28. The topological polar surface area (TPSA) is 96.0 Å². The molecule has 0 aliphatic rings. The molecule has 1 N–H and O–H groups in total. The maximum atomic E-state index is 14.5. The molecule has 0 spiro atoms. The molecule has 0 aromatic heterocycles. The van der Waals surface area contributed by atoms with E-state index in [1.807, 2.05) is 37.3 Å². The van der Waals surface area contributed by atoms with Gasteiger partial charge in [0.1, 0.15) is 18.3 Å². The first-order chi connectivity index (χ1) is 21.1. The number of rotatable bonds is 13. The fourth-order valence-electron chi connectivity index (χ4n) is 4.88. The molecule has 230 valence electrons. The van der Waals surface area contributed by atoms with Gasteiger partial charge in [-0.05, 0) is 60.9 Å². The van der Waals surface area contributed by atoms with Crippen LogP contribution in [0.25, 0.3) is 0 Å². The van der Waals surface area contributed by atoms with Crippen LogP contribution < -0.4 is 14.4 Å². The zero-order valence-electron chi connectivity index (χ0n) is 24.9. The van der Waals surface area contributed by atoms with Crippen molar-refractivity contribution in [2.45, 2.75) is 37.8 Å². The molecule has 0 saturated carbocycles. The molecule has 4 aromatic carbocycles. The summed E-state index contributed by atoms with van der Waals surface area (Å²) in [4.78, 5) is 29.5. The number of methoxy groups -OCH3 is 1. The number of anilines is 1. The van der Waals surface area contributed by atoms with E-state index in [9.17, 15) is 18.0 Å². The van der Waals surface area contributed by atoms with Crippen molar-refractivity contribution >= 4 is 39.1 Å². The predicted molar refractivity (Wildman–Crippen MR) is 173 cm³/mol. The number of nitrogens with one attached hydrogen (secondary N) is 1. The van der Waals surface area contributed by atoms with E-state index < -0.39 is 28.5 Å². The molecule has 0 bridgehead atoms. The Morgan fingerprint density at radius 3 is 2.18 bits per heavy atom. The van der Waals surface area contributed by atoms with Crippen molar-refractivity contribution in [1.29, 1.82) is 0 Å². The Bertz CT molecular complexity index is 1680. The highest BCUT2D eigenvalue weighted by molar-refractivity contribution is 7.92. The molecule has 0 saturated heterocycles. The molecule has 2 amide bonds. The first-order valence-electron chi connectivity index (χ1n) is 14.2. The molecule has 0 heterocycles.